The van der Waals surface area contributed by atoms with Gasteiger partial charge in [-0.1, -0.05) is 0 Å². The van der Waals surface area contributed by atoms with Gasteiger partial charge >= 0.3 is 5.97 Å². The minimum atomic E-state index is -0.273. The zero-order valence-corrected chi connectivity index (χ0v) is 9.44. The van der Waals surface area contributed by atoms with E-state index in [1.807, 2.05) is 0 Å². The van der Waals surface area contributed by atoms with Gasteiger partial charge in [0.25, 0.3) is 0 Å². The van der Waals surface area contributed by atoms with Crippen LogP contribution in [0.3, 0.4) is 0 Å². The highest BCUT2D eigenvalue weighted by Gasteiger charge is 2.32. The number of rotatable bonds is 4. The van der Waals surface area contributed by atoms with Crippen molar-refractivity contribution in [3.63, 3.8) is 0 Å². The van der Waals surface area contributed by atoms with Crippen LogP contribution in [0.5, 0.6) is 0 Å². The van der Waals surface area contributed by atoms with Gasteiger partial charge in [-0.2, -0.15) is 0 Å². The summed E-state index contributed by atoms with van der Waals surface area (Å²) in [5.41, 5.74) is 5.52. The normalized spacial score (nSPS) is 24.9. The van der Waals surface area contributed by atoms with Gasteiger partial charge in [-0.25, -0.2) is 0 Å². The first-order valence-electron chi connectivity index (χ1n) is 5.32. The highest BCUT2D eigenvalue weighted by Crippen LogP contribution is 2.14. The predicted molar refractivity (Wildman–Crippen MR) is 56.5 cm³/mol. The average Bonchev–Trinajstić information content (AvgIpc) is 2.28. The Morgan fingerprint density at radius 2 is 2.47 bits per heavy atom. The van der Waals surface area contributed by atoms with E-state index in [1.165, 1.54) is 7.11 Å². The lowest BCUT2D eigenvalue weighted by Crippen LogP contribution is -2.54. The first-order valence-corrected chi connectivity index (χ1v) is 5.32. The van der Waals surface area contributed by atoms with E-state index in [0.29, 0.717) is 25.8 Å². The summed E-state index contributed by atoms with van der Waals surface area (Å²) < 4.78 is 10.0. The third-order valence-corrected chi connectivity index (χ3v) is 2.79. The number of methoxy groups -OCH3 is 1. The largest absolute Gasteiger partial charge is 0.468 e. The van der Waals surface area contributed by atoms with E-state index in [4.69, 9.17) is 15.2 Å². The molecule has 1 saturated heterocycles. The van der Waals surface area contributed by atoms with Crippen molar-refractivity contribution < 1.29 is 14.3 Å². The molecule has 1 aliphatic rings. The Hall–Kier alpha value is -0.650. The van der Waals surface area contributed by atoms with Crippen LogP contribution in [0.1, 0.15) is 13.3 Å². The second-order valence-electron chi connectivity index (χ2n) is 3.78. The first kappa shape index (κ1) is 12.4. The summed E-state index contributed by atoms with van der Waals surface area (Å²) >= 11 is 0. The van der Waals surface area contributed by atoms with Crippen molar-refractivity contribution in [2.75, 3.05) is 33.4 Å². The standard InChI is InChI=1S/C10H20N2O3/c1-8(3-4-11)12-5-6-15-7-9(12)10(13)14-2/h8-9H,3-7,11H2,1-2H3. The number of nitrogens with two attached hydrogens (primary N) is 1. The second kappa shape index (κ2) is 6.05. The predicted octanol–water partition coefficient (Wildman–Crippen LogP) is -0.402. The molecule has 1 heterocycles. The van der Waals surface area contributed by atoms with Crippen molar-refractivity contribution in [1.29, 1.82) is 0 Å². The number of esters is 1. The molecule has 88 valence electrons. The summed E-state index contributed by atoms with van der Waals surface area (Å²) in [6.07, 6.45) is 0.882. The van der Waals surface area contributed by atoms with Gasteiger partial charge in [0.2, 0.25) is 0 Å². The zero-order chi connectivity index (χ0) is 11.3. The summed E-state index contributed by atoms with van der Waals surface area (Å²) in [6, 6.07) is 0.0216. The number of hydrogen-bond donors (Lipinski definition) is 1. The monoisotopic (exact) mass is 216 g/mol. The number of carbonyl (C=O) groups excluding carboxylic acids is 1. The SMILES string of the molecule is COC(=O)C1COCCN1C(C)CCN. The highest BCUT2D eigenvalue weighted by atomic mass is 16.5. The molecule has 0 aliphatic carbocycles. The number of morpholine rings is 1. The third kappa shape index (κ3) is 3.15. The molecule has 0 bridgehead atoms. The van der Waals surface area contributed by atoms with E-state index in [0.717, 1.165) is 13.0 Å². The molecular weight excluding hydrogens is 196 g/mol. The number of ether oxygens (including phenoxy) is 2. The molecule has 1 fully saturated rings. The Kier molecular flexibility index (Phi) is 5.01. The molecule has 0 aromatic heterocycles. The summed E-state index contributed by atoms with van der Waals surface area (Å²) in [5.74, 6) is -0.224. The lowest BCUT2D eigenvalue weighted by atomic mass is 10.1. The molecule has 15 heavy (non-hydrogen) atoms. The summed E-state index contributed by atoms with van der Waals surface area (Å²) in [6.45, 7) is 4.56. The molecule has 1 rings (SSSR count). The minimum absolute atomic E-state index is 0.224. The molecule has 5 nitrogen and oxygen atoms in total. The Balaban J connectivity index is 2.60. The number of nitrogens with zero attached hydrogens (tertiary/aromatic N) is 1. The number of carbonyl (C=O) groups is 1. The molecule has 0 amide bonds. The maximum atomic E-state index is 11.5. The lowest BCUT2D eigenvalue weighted by molar-refractivity contribution is -0.155. The fourth-order valence-corrected chi connectivity index (χ4v) is 1.89. The van der Waals surface area contributed by atoms with Crippen molar-refractivity contribution in [1.82, 2.24) is 4.90 Å². The van der Waals surface area contributed by atoms with Gasteiger partial charge in [0, 0.05) is 12.6 Å². The van der Waals surface area contributed by atoms with Gasteiger partial charge in [-0.05, 0) is 19.9 Å². The van der Waals surface area contributed by atoms with E-state index in [1.54, 1.807) is 0 Å². The average molecular weight is 216 g/mol. The van der Waals surface area contributed by atoms with Crippen LogP contribution in [0, 0.1) is 0 Å². The topological polar surface area (TPSA) is 64.8 Å². The fraction of sp³-hybridized carbons (Fsp3) is 0.900. The van der Waals surface area contributed by atoms with E-state index in [9.17, 15) is 4.79 Å². The zero-order valence-electron chi connectivity index (χ0n) is 9.44. The highest BCUT2D eigenvalue weighted by molar-refractivity contribution is 5.76. The van der Waals surface area contributed by atoms with Crippen LogP contribution < -0.4 is 5.73 Å². The van der Waals surface area contributed by atoms with Crippen LogP contribution in [-0.2, 0) is 14.3 Å². The van der Waals surface area contributed by atoms with Crippen LogP contribution in [0.4, 0.5) is 0 Å². The van der Waals surface area contributed by atoms with Crippen molar-refractivity contribution in [3.05, 3.63) is 0 Å². The van der Waals surface area contributed by atoms with Crippen molar-refractivity contribution in [2.24, 2.45) is 5.73 Å². The molecule has 0 aromatic rings. The molecule has 2 atom stereocenters. The van der Waals surface area contributed by atoms with Crippen LogP contribution in [-0.4, -0.2) is 56.4 Å². The van der Waals surface area contributed by atoms with Gasteiger partial charge in [0.05, 0.1) is 20.3 Å². The maximum Gasteiger partial charge on any atom is 0.325 e. The molecule has 2 unspecified atom stereocenters. The van der Waals surface area contributed by atoms with Gasteiger partial charge in [0.15, 0.2) is 0 Å². The second-order valence-corrected chi connectivity index (χ2v) is 3.78. The quantitative estimate of drug-likeness (QED) is 0.648. The Labute approximate surface area is 90.5 Å². The minimum Gasteiger partial charge on any atom is -0.468 e. The first-order chi connectivity index (χ1) is 7.20. The summed E-state index contributed by atoms with van der Waals surface area (Å²) in [5, 5.41) is 0. The maximum absolute atomic E-state index is 11.5. The molecule has 2 N–H and O–H groups in total. The molecule has 1 aliphatic heterocycles. The molecule has 0 saturated carbocycles. The van der Waals surface area contributed by atoms with Gasteiger partial charge in [-0.15, -0.1) is 0 Å². The van der Waals surface area contributed by atoms with Gasteiger partial charge in [-0.3, -0.25) is 9.69 Å². The van der Waals surface area contributed by atoms with Crippen molar-refractivity contribution >= 4 is 5.97 Å². The Bertz CT molecular complexity index is 211. The van der Waals surface area contributed by atoms with Crippen LogP contribution in [0.2, 0.25) is 0 Å². The molecule has 0 aromatic carbocycles. The smallest absolute Gasteiger partial charge is 0.325 e. The molecular formula is C10H20N2O3. The van der Waals surface area contributed by atoms with Gasteiger partial charge < -0.3 is 15.2 Å². The summed E-state index contributed by atoms with van der Waals surface area (Å²) in [7, 11) is 1.41. The van der Waals surface area contributed by atoms with Crippen LogP contribution >= 0.6 is 0 Å². The van der Waals surface area contributed by atoms with Crippen molar-refractivity contribution in [2.45, 2.75) is 25.4 Å². The van der Waals surface area contributed by atoms with E-state index < -0.39 is 0 Å². The number of hydrogen-bond acceptors (Lipinski definition) is 5. The lowest BCUT2D eigenvalue weighted by Gasteiger charge is -2.37. The summed E-state index contributed by atoms with van der Waals surface area (Å²) in [4.78, 5) is 13.6. The Morgan fingerprint density at radius 1 is 1.73 bits per heavy atom. The molecule has 5 heteroatoms. The van der Waals surface area contributed by atoms with Gasteiger partial charge in [0.1, 0.15) is 6.04 Å². The van der Waals surface area contributed by atoms with E-state index in [2.05, 4.69) is 11.8 Å². The van der Waals surface area contributed by atoms with Crippen LogP contribution in [0.25, 0.3) is 0 Å². The fourth-order valence-electron chi connectivity index (χ4n) is 1.89. The van der Waals surface area contributed by atoms with Crippen LogP contribution in [0.15, 0.2) is 0 Å². The Morgan fingerprint density at radius 3 is 3.07 bits per heavy atom. The van der Waals surface area contributed by atoms with E-state index >= 15 is 0 Å². The van der Waals surface area contributed by atoms with E-state index in [-0.39, 0.29) is 12.0 Å². The molecule has 0 spiro atoms. The third-order valence-electron chi connectivity index (χ3n) is 2.79. The molecule has 0 radical (unpaired) electrons. The van der Waals surface area contributed by atoms with Crippen molar-refractivity contribution in [3.8, 4) is 0 Å².